The number of carbonyl (C=O) groups is 1. The first kappa shape index (κ1) is 16.6. The average molecular weight is 294 g/mol. The summed E-state index contributed by atoms with van der Waals surface area (Å²) in [6, 6.07) is 9.60. The molecule has 0 bridgehead atoms. The van der Waals surface area contributed by atoms with Crippen LogP contribution < -0.4 is 0 Å². The average Bonchev–Trinajstić information content (AvgIpc) is 2.50. The van der Waals surface area contributed by atoms with E-state index in [2.05, 4.69) is 0 Å². The highest BCUT2D eigenvalue weighted by molar-refractivity contribution is 6.67. The van der Waals surface area contributed by atoms with Gasteiger partial charge < -0.3 is 13.6 Å². The van der Waals surface area contributed by atoms with Gasteiger partial charge >= 0.3 is 14.5 Å². The van der Waals surface area contributed by atoms with Gasteiger partial charge in [-0.05, 0) is 24.6 Å². The van der Waals surface area contributed by atoms with Crippen LogP contribution in [0, 0.1) is 0 Å². The summed E-state index contributed by atoms with van der Waals surface area (Å²) >= 11 is 0. The lowest BCUT2D eigenvalue weighted by molar-refractivity contribution is -0.141. The third-order valence-corrected chi connectivity index (χ3v) is 6.55. The van der Waals surface area contributed by atoms with Crippen molar-refractivity contribution in [1.29, 1.82) is 0 Å². The second kappa shape index (κ2) is 7.99. The number of rotatable bonds is 7. The van der Waals surface area contributed by atoms with Crippen molar-refractivity contribution in [3.63, 3.8) is 0 Å². The number of hydrogen-bond acceptors (Lipinski definition) is 4. The Morgan fingerprint density at radius 2 is 1.85 bits per heavy atom. The van der Waals surface area contributed by atoms with Gasteiger partial charge in [0.1, 0.15) is 5.73 Å². The van der Waals surface area contributed by atoms with Gasteiger partial charge in [-0.25, -0.2) is 4.79 Å². The molecule has 1 aromatic rings. The monoisotopic (exact) mass is 294 g/mol. The van der Waals surface area contributed by atoms with Gasteiger partial charge in [-0.15, -0.1) is 0 Å². The minimum absolute atomic E-state index is 0.328. The summed E-state index contributed by atoms with van der Waals surface area (Å²) in [5.41, 5.74) is 0.626. The molecular weight excluding hydrogens is 272 g/mol. The fourth-order valence-corrected chi connectivity index (χ4v) is 3.58. The molecule has 0 fully saturated rings. The van der Waals surface area contributed by atoms with Gasteiger partial charge in [0.25, 0.3) is 0 Å². The van der Waals surface area contributed by atoms with Crippen molar-refractivity contribution in [2.75, 3.05) is 14.2 Å². The largest absolute Gasteiger partial charge is 0.457 e. The second-order valence-corrected chi connectivity index (χ2v) is 7.99. The molecule has 0 aliphatic rings. The Balaban J connectivity index is 2.67. The molecule has 5 heteroatoms. The van der Waals surface area contributed by atoms with Gasteiger partial charge in [0.15, 0.2) is 0 Å². The van der Waals surface area contributed by atoms with Crippen LogP contribution in [0.15, 0.2) is 36.4 Å². The Hall–Kier alpha value is -1.43. The summed E-state index contributed by atoms with van der Waals surface area (Å²) < 4.78 is 16.3. The zero-order chi connectivity index (χ0) is 15.0. The number of carbonyl (C=O) groups excluding carboxylic acids is 1. The minimum Gasteiger partial charge on any atom is -0.457 e. The van der Waals surface area contributed by atoms with Crippen LogP contribution in [-0.4, -0.2) is 34.5 Å². The molecule has 0 aliphatic carbocycles. The van der Waals surface area contributed by atoms with Gasteiger partial charge in [-0.2, -0.15) is 0 Å². The molecule has 4 nitrogen and oxygen atoms in total. The molecule has 0 aromatic heterocycles. The lowest BCUT2D eigenvalue weighted by Crippen LogP contribution is -2.51. The predicted molar refractivity (Wildman–Crippen MR) is 81.3 cm³/mol. The van der Waals surface area contributed by atoms with Crippen LogP contribution in [0.1, 0.15) is 18.9 Å². The minimum atomic E-state index is -2.47. The maximum absolute atomic E-state index is 11.9. The van der Waals surface area contributed by atoms with E-state index in [1.807, 2.05) is 43.8 Å². The van der Waals surface area contributed by atoms with Gasteiger partial charge in [0.05, 0.1) is 0 Å². The number of hydrogen-bond donors (Lipinski definition) is 0. The number of benzene rings is 1. The Kier molecular flexibility index (Phi) is 6.64. The van der Waals surface area contributed by atoms with Crippen molar-refractivity contribution in [2.24, 2.45) is 0 Å². The van der Waals surface area contributed by atoms with Crippen LogP contribution in [0.3, 0.4) is 0 Å². The molecule has 0 heterocycles. The van der Waals surface area contributed by atoms with E-state index in [1.165, 1.54) is 6.08 Å². The van der Waals surface area contributed by atoms with E-state index in [-0.39, 0.29) is 11.7 Å². The molecule has 0 N–H and O–H groups in total. The van der Waals surface area contributed by atoms with Gasteiger partial charge in [0, 0.05) is 20.3 Å². The fourth-order valence-electron chi connectivity index (χ4n) is 1.82. The fraction of sp³-hybridized carbons (Fsp3) is 0.400. The normalized spacial score (nSPS) is 13.4. The third-order valence-electron chi connectivity index (χ3n) is 3.24. The highest BCUT2D eigenvalue weighted by Crippen LogP contribution is 2.17. The molecule has 0 saturated carbocycles. The van der Waals surface area contributed by atoms with E-state index in [1.54, 1.807) is 20.3 Å². The molecule has 1 atom stereocenters. The van der Waals surface area contributed by atoms with Crippen LogP contribution in [0.2, 0.25) is 6.55 Å². The molecule has 110 valence electrons. The highest BCUT2D eigenvalue weighted by Gasteiger charge is 2.41. The second-order valence-electron chi connectivity index (χ2n) is 4.50. The molecule has 20 heavy (non-hydrogen) atoms. The van der Waals surface area contributed by atoms with Gasteiger partial charge in [-0.3, -0.25) is 0 Å². The standard InChI is InChI=1S/C15H22O4Si/c1-5-15(20(4,17-2)18-3)19-14(16)12-11-13-9-7-6-8-10-13/h6-12,15H,5H2,1-4H3/b12-11+. The van der Waals surface area contributed by atoms with E-state index < -0.39 is 8.56 Å². The molecule has 0 saturated heterocycles. The van der Waals surface area contributed by atoms with Crippen LogP contribution >= 0.6 is 0 Å². The third kappa shape index (κ3) is 4.59. The number of ether oxygens (including phenoxy) is 1. The summed E-state index contributed by atoms with van der Waals surface area (Å²) in [5.74, 6) is -0.381. The smallest absolute Gasteiger partial charge is 0.376 e. The van der Waals surface area contributed by atoms with Gasteiger partial charge in [-0.1, -0.05) is 37.3 Å². The zero-order valence-electron chi connectivity index (χ0n) is 12.5. The van der Waals surface area contributed by atoms with Crippen LogP contribution in [-0.2, 0) is 18.4 Å². The van der Waals surface area contributed by atoms with E-state index >= 15 is 0 Å². The van der Waals surface area contributed by atoms with Crippen molar-refractivity contribution < 1.29 is 18.4 Å². The summed E-state index contributed by atoms with van der Waals surface area (Å²) in [6.07, 6.45) is 3.82. The van der Waals surface area contributed by atoms with Crippen molar-refractivity contribution in [3.05, 3.63) is 42.0 Å². The molecular formula is C15H22O4Si. The SMILES string of the molecule is CCC(OC(=O)/C=C/c1ccccc1)[Si](C)(OC)OC. The topological polar surface area (TPSA) is 44.8 Å². The first-order chi connectivity index (χ1) is 9.55. The summed E-state index contributed by atoms with van der Waals surface area (Å²) in [7, 11) is 0.704. The lowest BCUT2D eigenvalue weighted by atomic mass is 10.2. The van der Waals surface area contributed by atoms with Crippen molar-refractivity contribution >= 4 is 20.6 Å². The summed E-state index contributed by atoms with van der Waals surface area (Å²) in [4.78, 5) is 11.9. The molecule has 0 amide bonds. The van der Waals surface area contributed by atoms with E-state index in [0.29, 0.717) is 6.42 Å². The van der Waals surface area contributed by atoms with E-state index in [9.17, 15) is 4.79 Å². The Labute approximate surface area is 121 Å². The summed E-state index contributed by atoms with van der Waals surface area (Å²) in [6.45, 7) is 3.83. The molecule has 0 spiro atoms. The van der Waals surface area contributed by atoms with Crippen molar-refractivity contribution in [2.45, 2.75) is 25.6 Å². The quantitative estimate of drug-likeness (QED) is 0.440. The Morgan fingerprint density at radius 1 is 1.25 bits per heavy atom. The molecule has 0 radical (unpaired) electrons. The molecule has 1 aromatic carbocycles. The Morgan fingerprint density at radius 3 is 2.35 bits per heavy atom. The molecule has 0 aliphatic heterocycles. The maximum atomic E-state index is 11.9. The molecule has 1 rings (SSSR count). The van der Waals surface area contributed by atoms with Crippen LogP contribution in [0.5, 0.6) is 0 Å². The van der Waals surface area contributed by atoms with Crippen LogP contribution in [0.4, 0.5) is 0 Å². The summed E-state index contributed by atoms with van der Waals surface area (Å²) in [5, 5.41) is 0. The van der Waals surface area contributed by atoms with Crippen LogP contribution in [0.25, 0.3) is 6.08 Å². The van der Waals surface area contributed by atoms with Crippen molar-refractivity contribution in [3.8, 4) is 0 Å². The highest BCUT2D eigenvalue weighted by atomic mass is 28.4. The maximum Gasteiger partial charge on any atom is 0.376 e. The van der Waals surface area contributed by atoms with E-state index in [4.69, 9.17) is 13.6 Å². The lowest BCUT2D eigenvalue weighted by Gasteiger charge is -2.30. The zero-order valence-corrected chi connectivity index (χ0v) is 13.5. The van der Waals surface area contributed by atoms with Gasteiger partial charge in [0.2, 0.25) is 0 Å². The molecule has 1 unspecified atom stereocenters. The first-order valence-electron chi connectivity index (χ1n) is 6.59. The Bertz CT molecular complexity index is 440. The van der Waals surface area contributed by atoms with Crippen molar-refractivity contribution in [1.82, 2.24) is 0 Å². The first-order valence-corrected chi connectivity index (χ1v) is 8.99. The van der Waals surface area contributed by atoms with E-state index in [0.717, 1.165) is 5.56 Å². The predicted octanol–water partition coefficient (Wildman–Crippen LogP) is 2.93. The number of esters is 1.